The lowest BCUT2D eigenvalue weighted by atomic mass is 10.4. The summed E-state index contributed by atoms with van der Waals surface area (Å²) >= 11 is 0. The van der Waals surface area contributed by atoms with Gasteiger partial charge in [-0.1, -0.05) is 0 Å². The van der Waals surface area contributed by atoms with E-state index in [1.165, 1.54) is 0 Å². The van der Waals surface area contributed by atoms with E-state index in [0.717, 1.165) is 0 Å². The van der Waals surface area contributed by atoms with E-state index in [9.17, 15) is 0 Å². The molecular weight excluding hydrogens is 156 g/mol. The summed E-state index contributed by atoms with van der Waals surface area (Å²) in [5, 5.41) is 11.5. The fraction of sp³-hybridized carbons (Fsp3) is 0.429. The number of nitrogens with two attached hydrogens (primary N) is 1. The fourth-order valence-corrected chi connectivity index (χ4v) is 0.838. The van der Waals surface area contributed by atoms with Gasteiger partial charge in [-0.25, -0.2) is 4.98 Å². The molecule has 0 aliphatic rings. The van der Waals surface area contributed by atoms with E-state index in [1.54, 1.807) is 12.4 Å². The molecule has 5 nitrogen and oxygen atoms in total. The monoisotopic (exact) mass is 168 g/mol. The Hall–Kier alpha value is -1.20. The molecule has 1 rings (SSSR count). The van der Waals surface area contributed by atoms with E-state index in [1.807, 2.05) is 0 Å². The van der Waals surface area contributed by atoms with Crippen LogP contribution in [0.5, 0.6) is 0 Å². The molecule has 0 aromatic carbocycles. The number of nitrogens with one attached hydrogen (secondary N) is 1. The molecule has 0 saturated carbocycles. The second-order valence-electron chi connectivity index (χ2n) is 2.21. The lowest BCUT2D eigenvalue weighted by Crippen LogP contribution is -2.12. The van der Waals surface area contributed by atoms with Crippen molar-refractivity contribution in [2.75, 3.05) is 18.5 Å². The van der Waals surface area contributed by atoms with Crippen molar-refractivity contribution in [2.24, 2.45) is 5.73 Å². The van der Waals surface area contributed by atoms with Crippen molar-refractivity contribution < 1.29 is 5.11 Å². The van der Waals surface area contributed by atoms with E-state index >= 15 is 0 Å². The van der Waals surface area contributed by atoms with Crippen LogP contribution in [0.2, 0.25) is 0 Å². The van der Waals surface area contributed by atoms with Crippen molar-refractivity contribution in [1.29, 1.82) is 0 Å². The Labute approximate surface area is 70.6 Å². The summed E-state index contributed by atoms with van der Waals surface area (Å²) in [7, 11) is 0. The molecule has 0 amide bonds. The first-order valence-corrected chi connectivity index (χ1v) is 3.73. The van der Waals surface area contributed by atoms with Gasteiger partial charge in [-0.2, -0.15) is 0 Å². The molecule has 4 N–H and O–H groups in total. The van der Waals surface area contributed by atoms with Crippen LogP contribution in [0.15, 0.2) is 12.4 Å². The molecule has 0 aliphatic heterocycles. The third kappa shape index (κ3) is 2.14. The molecular formula is C7H12N4O. The van der Waals surface area contributed by atoms with Gasteiger partial charge in [0.15, 0.2) is 0 Å². The highest BCUT2D eigenvalue weighted by atomic mass is 16.3. The molecule has 12 heavy (non-hydrogen) atoms. The number of aliphatic hydroxyl groups excluding tert-OH is 1. The summed E-state index contributed by atoms with van der Waals surface area (Å²) < 4.78 is 0. The highest BCUT2D eigenvalue weighted by molar-refractivity contribution is 5.38. The van der Waals surface area contributed by atoms with Gasteiger partial charge in [0.25, 0.3) is 0 Å². The van der Waals surface area contributed by atoms with Crippen LogP contribution in [0.1, 0.15) is 5.69 Å². The smallest absolute Gasteiger partial charge is 0.149 e. The van der Waals surface area contributed by atoms with Gasteiger partial charge in [0.05, 0.1) is 12.3 Å². The molecule has 0 aliphatic carbocycles. The van der Waals surface area contributed by atoms with E-state index in [-0.39, 0.29) is 6.61 Å². The number of anilines is 1. The number of hydrogen-bond acceptors (Lipinski definition) is 5. The largest absolute Gasteiger partial charge is 0.395 e. The first-order valence-electron chi connectivity index (χ1n) is 3.73. The van der Waals surface area contributed by atoms with Crippen molar-refractivity contribution in [3.8, 4) is 0 Å². The maximum Gasteiger partial charge on any atom is 0.149 e. The van der Waals surface area contributed by atoms with E-state index in [4.69, 9.17) is 10.8 Å². The third-order valence-electron chi connectivity index (χ3n) is 1.37. The maximum atomic E-state index is 8.55. The Morgan fingerprint density at radius 1 is 1.42 bits per heavy atom. The average molecular weight is 168 g/mol. The van der Waals surface area contributed by atoms with E-state index in [2.05, 4.69) is 15.3 Å². The summed E-state index contributed by atoms with van der Waals surface area (Å²) in [5.41, 5.74) is 6.13. The van der Waals surface area contributed by atoms with Gasteiger partial charge in [0, 0.05) is 25.5 Å². The average Bonchev–Trinajstić information content (AvgIpc) is 2.15. The van der Waals surface area contributed by atoms with Crippen molar-refractivity contribution in [2.45, 2.75) is 6.54 Å². The standard InChI is InChI=1S/C7H12N4O/c8-5-6-7(11-3-4-12)10-2-1-9-6/h1-2,12H,3-5,8H2,(H,10,11). The molecule has 0 fully saturated rings. The maximum absolute atomic E-state index is 8.55. The summed E-state index contributed by atoms with van der Waals surface area (Å²) in [4.78, 5) is 8.04. The molecule has 1 aromatic rings. The minimum absolute atomic E-state index is 0.0700. The molecule has 1 aromatic heterocycles. The molecule has 0 radical (unpaired) electrons. The number of hydrogen-bond donors (Lipinski definition) is 3. The van der Waals surface area contributed by atoms with Crippen molar-refractivity contribution in [1.82, 2.24) is 9.97 Å². The zero-order valence-electron chi connectivity index (χ0n) is 6.70. The van der Waals surface area contributed by atoms with Crippen LogP contribution in [0.25, 0.3) is 0 Å². The van der Waals surface area contributed by atoms with Gasteiger partial charge in [0.2, 0.25) is 0 Å². The Morgan fingerprint density at radius 3 is 2.83 bits per heavy atom. The van der Waals surface area contributed by atoms with Crippen molar-refractivity contribution in [3.63, 3.8) is 0 Å². The van der Waals surface area contributed by atoms with Crippen molar-refractivity contribution in [3.05, 3.63) is 18.1 Å². The van der Waals surface area contributed by atoms with Crippen LogP contribution in [-0.2, 0) is 6.54 Å². The summed E-state index contributed by atoms with van der Waals surface area (Å²) in [6.07, 6.45) is 3.17. The van der Waals surface area contributed by atoms with Crippen LogP contribution < -0.4 is 11.1 Å². The van der Waals surface area contributed by atoms with Gasteiger partial charge in [0.1, 0.15) is 5.82 Å². The summed E-state index contributed by atoms with van der Waals surface area (Å²) in [6, 6.07) is 0. The second-order valence-corrected chi connectivity index (χ2v) is 2.21. The highest BCUT2D eigenvalue weighted by Crippen LogP contribution is 2.05. The Bertz CT molecular complexity index is 241. The SMILES string of the molecule is NCc1nccnc1NCCO. The number of rotatable bonds is 4. The van der Waals surface area contributed by atoms with Crippen LogP contribution in [0.3, 0.4) is 0 Å². The number of aromatic nitrogens is 2. The molecule has 0 bridgehead atoms. The molecule has 1 heterocycles. The van der Waals surface area contributed by atoms with E-state index < -0.39 is 0 Å². The predicted molar refractivity (Wildman–Crippen MR) is 45.5 cm³/mol. The first-order chi connectivity index (χ1) is 5.88. The van der Waals surface area contributed by atoms with Crippen molar-refractivity contribution >= 4 is 5.82 Å². The van der Waals surface area contributed by atoms with Crippen LogP contribution in [0, 0.1) is 0 Å². The van der Waals surface area contributed by atoms with E-state index in [0.29, 0.717) is 24.6 Å². The third-order valence-corrected chi connectivity index (χ3v) is 1.37. The fourth-order valence-electron chi connectivity index (χ4n) is 0.838. The normalized spacial score (nSPS) is 9.83. The molecule has 5 heteroatoms. The van der Waals surface area contributed by atoms with Gasteiger partial charge in [-0.3, -0.25) is 4.98 Å². The van der Waals surface area contributed by atoms with Gasteiger partial charge in [-0.15, -0.1) is 0 Å². The highest BCUT2D eigenvalue weighted by Gasteiger charge is 2.00. The minimum Gasteiger partial charge on any atom is -0.395 e. The molecule has 0 spiro atoms. The Balaban J connectivity index is 2.68. The lowest BCUT2D eigenvalue weighted by molar-refractivity contribution is 0.311. The van der Waals surface area contributed by atoms with Crippen LogP contribution in [0.4, 0.5) is 5.82 Å². The Morgan fingerprint density at radius 2 is 2.17 bits per heavy atom. The number of nitrogens with zero attached hydrogens (tertiary/aromatic N) is 2. The van der Waals surface area contributed by atoms with Crippen LogP contribution in [-0.4, -0.2) is 28.2 Å². The topological polar surface area (TPSA) is 84.1 Å². The molecule has 0 saturated heterocycles. The quantitative estimate of drug-likeness (QED) is 0.555. The molecule has 0 atom stereocenters. The van der Waals surface area contributed by atoms with Gasteiger partial charge >= 0.3 is 0 Å². The minimum atomic E-state index is 0.0700. The summed E-state index contributed by atoms with van der Waals surface area (Å²) in [5.74, 6) is 0.647. The Kier molecular flexibility index (Phi) is 3.43. The zero-order chi connectivity index (χ0) is 8.81. The van der Waals surface area contributed by atoms with Gasteiger partial charge < -0.3 is 16.2 Å². The second kappa shape index (κ2) is 4.63. The predicted octanol–water partition coefficient (Wildman–Crippen LogP) is -0.661. The first kappa shape index (κ1) is 8.89. The zero-order valence-corrected chi connectivity index (χ0v) is 6.70. The van der Waals surface area contributed by atoms with Crippen LogP contribution >= 0.6 is 0 Å². The van der Waals surface area contributed by atoms with Gasteiger partial charge in [-0.05, 0) is 0 Å². The molecule has 66 valence electrons. The number of aliphatic hydroxyl groups is 1. The lowest BCUT2D eigenvalue weighted by Gasteiger charge is -2.05. The molecule has 0 unspecified atom stereocenters. The summed E-state index contributed by atoms with van der Waals surface area (Å²) in [6.45, 7) is 0.883.